The van der Waals surface area contributed by atoms with Crippen molar-refractivity contribution in [1.29, 1.82) is 0 Å². The van der Waals surface area contributed by atoms with Gasteiger partial charge in [0.2, 0.25) is 10.0 Å². The Labute approximate surface area is 119 Å². The molecule has 0 spiro atoms. The predicted molar refractivity (Wildman–Crippen MR) is 80.5 cm³/mol. The van der Waals surface area contributed by atoms with Crippen LogP contribution in [0.1, 0.15) is 59.8 Å². The molecule has 0 radical (unpaired) electrons. The third-order valence-electron chi connectivity index (χ3n) is 3.37. The number of rotatable bonds is 10. The highest BCUT2D eigenvalue weighted by molar-refractivity contribution is 7.89. The first kappa shape index (κ1) is 18.9. The third kappa shape index (κ3) is 11.4. The van der Waals surface area contributed by atoms with Gasteiger partial charge in [-0.1, -0.05) is 53.4 Å². The van der Waals surface area contributed by atoms with Gasteiger partial charge in [-0.25, -0.2) is 13.6 Å². The molecule has 0 aromatic heterocycles. The Hall–Kier alpha value is -0.130. The van der Waals surface area contributed by atoms with Gasteiger partial charge in [-0.05, 0) is 11.8 Å². The van der Waals surface area contributed by atoms with E-state index in [1.165, 1.54) is 25.7 Å². The van der Waals surface area contributed by atoms with Crippen molar-refractivity contribution in [2.75, 3.05) is 19.0 Å². The summed E-state index contributed by atoms with van der Waals surface area (Å²) in [4.78, 5) is 0. The first-order valence-electron chi connectivity index (χ1n) is 7.25. The van der Waals surface area contributed by atoms with Crippen LogP contribution < -0.4 is 5.14 Å². The summed E-state index contributed by atoms with van der Waals surface area (Å²) in [5.41, 5.74) is -0.116. The number of hydrogen-bond donors (Lipinski definition) is 1. The lowest BCUT2D eigenvalue weighted by Gasteiger charge is -2.29. The number of hydrogen-bond acceptors (Lipinski definition) is 3. The molecule has 0 amide bonds. The van der Waals surface area contributed by atoms with Gasteiger partial charge in [0.25, 0.3) is 0 Å². The van der Waals surface area contributed by atoms with E-state index >= 15 is 0 Å². The fourth-order valence-corrected chi connectivity index (χ4v) is 3.02. The molecule has 0 aliphatic carbocycles. The Morgan fingerprint density at radius 3 is 2.16 bits per heavy atom. The molecule has 0 aliphatic heterocycles. The van der Waals surface area contributed by atoms with Crippen LogP contribution in [0.3, 0.4) is 0 Å². The van der Waals surface area contributed by atoms with Crippen molar-refractivity contribution < 1.29 is 13.2 Å². The van der Waals surface area contributed by atoms with E-state index in [2.05, 4.69) is 6.92 Å². The van der Waals surface area contributed by atoms with Crippen LogP contribution in [0.25, 0.3) is 0 Å². The van der Waals surface area contributed by atoms with Gasteiger partial charge in [0, 0.05) is 12.5 Å². The van der Waals surface area contributed by atoms with E-state index in [0.717, 1.165) is 6.42 Å². The molecule has 0 fully saturated rings. The Morgan fingerprint density at radius 1 is 1.11 bits per heavy atom. The minimum atomic E-state index is -3.44. The lowest BCUT2D eigenvalue weighted by atomic mass is 9.82. The smallest absolute Gasteiger partial charge is 0.209 e. The average molecular weight is 293 g/mol. The van der Waals surface area contributed by atoms with Crippen molar-refractivity contribution in [3.05, 3.63) is 0 Å². The van der Waals surface area contributed by atoms with E-state index in [4.69, 9.17) is 9.88 Å². The summed E-state index contributed by atoms with van der Waals surface area (Å²) in [6.45, 7) is 9.43. The van der Waals surface area contributed by atoms with Gasteiger partial charge < -0.3 is 4.74 Å². The lowest BCUT2D eigenvalue weighted by Crippen LogP contribution is -2.34. The van der Waals surface area contributed by atoms with Crippen molar-refractivity contribution in [1.82, 2.24) is 0 Å². The highest BCUT2D eigenvalue weighted by atomic mass is 32.2. The fourth-order valence-electron chi connectivity index (χ4n) is 1.86. The minimum absolute atomic E-state index is 0.00760. The zero-order chi connectivity index (χ0) is 14.9. The van der Waals surface area contributed by atoms with E-state index < -0.39 is 10.0 Å². The van der Waals surface area contributed by atoms with Crippen LogP contribution in [0.4, 0.5) is 0 Å². The summed E-state index contributed by atoms with van der Waals surface area (Å²) in [5, 5.41) is 5.13. The molecule has 0 aromatic carbocycles. The second kappa shape index (κ2) is 8.93. The zero-order valence-corrected chi connectivity index (χ0v) is 13.8. The second-order valence-electron chi connectivity index (χ2n) is 6.38. The zero-order valence-electron chi connectivity index (χ0n) is 12.9. The van der Waals surface area contributed by atoms with Crippen LogP contribution in [-0.4, -0.2) is 27.4 Å². The molecular weight excluding hydrogens is 262 g/mol. The molecule has 0 bridgehead atoms. The standard InChI is InChI=1S/C14H31NO3S/c1-5-6-7-8-9-10-18-11-13(14(2,3)4)12-19(15,16)17/h13H,5-12H2,1-4H3,(H2,15,16,17). The first-order chi connectivity index (χ1) is 8.67. The van der Waals surface area contributed by atoms with Crippen LogP contribution in [0.5, 0.6) is 0 Å². The number of sulfonamides is 1. The van der Waals surface area contributed by atoms with E-state index in [1.54, 1.807) is 0 Å². The molecule has 0 saturated carbocycles. The second-order valence-corrected chi connectivity index (χ2v) is 8.04. The molecule has 2 N–H and O–H groups in total. The monoisotopic (exact) mass is 293 g/mol. The van der Waals surface area contributed by atoms with Gasteiger partial charge in [-0.15, -0.1) is 0 Å². The molecule has 19 heavy (non-hydrogen) atoms. The Kier molecular flexibility index (Phi) is 8.86. The third-order valence-corrected chi connectivity index (χ3v) is 4.24. The van der Waals surface area contributed by atoms with Gasteiger partial charge in [0.05, 0.1) is 12.4 Å². The van der Waals surface area contributed by atoms with Crippen LogP contribution >= 0.6 is 0 Å². The molecule has 0 aromatic rings. The maximum absolute atomic E-state index is 11.2. The largest absolute Gasteiger partial charge is 0.381 e. The molecule has 0 rings (SSSR count). The van der Waals surface area contributed by atoms with Crippen molar-refractivity contribution in [3.8, 4) is 0 Å². The van der Waals surface area contributed by atoms with Crippen molar-refractivity contribution >= 4 is 10.0 Å². The van der Waals surface area contributed by atoms with Gasteiger partial charge in [-0.3, -0.25) is 0 Å². The molecular formula is C14H31NO3S. The van der Waals surface area contributed by atoms with Crippen LogP contribution in [0.15, 0.2) is 0 Å². The quantitative estimate of drug-likeness (QED) is 0.630. The van der Waals surface area contributed by atoms with Gasteiger partial charge in [0.15, 0.2) is 0 Å². The highest BCUT2D eigenvalue weighted by Crippen LogP contribution is 2.27. The summed E-state index contributed by atoms with van der Waals surface area (Å²) in [6.07, 6.45) is 5.99. The molecule has 116 valence electrons. The SMILES string of the molecule is CCCCCCCOCC(CS(N)(=O)=O)C(C)(C)C. The predicted octanol–water partition coefficient (Wildman–Crippen LogP) is 2.92. The van der Waals surface area contributed by atoms with Gasteiger partial charge >= 0.3 is 0 Å². The topological polar surface area (TPSA) is 69.4 Å². The molecule has 1 unspecified atom stereocenters. The highest BCUT2D eigenvalue weighted by Gasteiger charge is 2.28. The van der Waals surface area contributed by atoms with Crippen molar-refractivity contribution in [2.45, 2.75) is 59.8 Å². The molecule has 0 aliphatic rings. The molecule has 0 heterocycles. The summed E-state index contributed by atoms with van der Waals surface area (Å²) < 4.78 is 28.1. The number of ether oxygens (including phenoxy) is 1. The van der Waals surface area contributed by atoms with E-state index in [0.29, 0.717) is 13.2 Å². The molecule has 0 saturated heterocycles. The van der Waals surface area contributed by atoms with E-state index in [-0.39, 0.29) is 17.1 Å². The maximum Gasteiger partial charge on any atom is 0.209 e. The molecule has 1 atom stereocenters. The Balaban J connectivity index is 3.95. The molecule has 4 nitrogen and oxygen atoms in total. The fraction of sp³-hybridized carbons (Fsp3) is 1.00. The Morgan fingerprint density at radius 2 is 1.68 bits per heavy atom. The van der Waals surface area contributed by atoms with Crippen molar-refractivity contribution in [2.24, 2.45) is 16.5 Å². The number of unbranched alkanes of at least 4 members (excludes halogenated alkanes) is 4. The first-order valence-corrected chi connectivity index (χ1v) is 8.96. The van der Waals surface area contributed by atoms with Crippen molar-refractivity contribution in [3.63, 3.8) is 0 Å². The van der Waals surface area contributed by atoms with Gasteiger partial charge in [-0.2, -0.15) is 0 Å². The van der Waals surface area contributed by atoms with Crippen LogP contribution in [0.2, 0.25) is 0 Å². The summed E-state index contributed by atoms with van der Waals surface area (Å²) in [6, 6.07) is 0. The van der Waals surface area contributed by atoms with Gasteiger partial charge in [0.1, 0.15) is 0 Å². The summed E-state index contributed by atoms with van der Waals surface area (Å²) in [5.74, 6) is -0.0649. The van der Waals surface area contributed by atoms with E-state index in [9.17, 15) is 8.42 Å². The maximum atomic E-state index is 11.2. The van der Waals surface area contributed by atoms with Crippen LogP contribution in [0, 0.1) is 11.3 Å². The lowest BCUT2D eigenvalue weighted by molar-refractivity contribution is 0.0630. The normalized spacial score (nSPS) is 14.6. The summed E-state index contributed by atoms with van der Waals surface area (Å²) in [7, 11) is -3.44. The summed E-state index contributed by atoms with van der Waals surface area (Å²) >= 11 is 0. The van der Waals surface area contributed by atoms with Crippen LogP contribution in [-0.2, 0) is 14.8 Å². The molecule has 5 heteroatoms. The average Bonchev–Trinajstić information content (AvgIpc) is 2.23. The number of nitrogens with two attached hydrogens (primary N) is 1. The Bertz CT molecular complexity index is 320. The minimum Gasteiger partial charge on any atom is -0.381 e. The number of primary sulfonamides is 1. The van der Waals surface area contributed by atoms with E-state index in [1.807, 2.05) is 20.8 Å².